The summed E-state index contributed by atoms with van der Waals surface area (Å²) in [4.78, 5) is 5.37. The topological polar surface area (TPSA) is 22.1 Å². The van der Waals surface area contributed by atoms with Crippen LogP contribution in [0.5, 0.6) is 0 Å². The third-order valence-electron chi connectivity index (χ3n) is 1.95. The van der Waals surface area contributed by atoms with Crippen molar-refractivity contribution in [3.8, 4) is 0 Å². The molecule has 3 heteroatoms. The smallest absolute Gasteiger partial charge is 0.118 e. The molecule has 15 heavy (non-hydrogen) atoms. The highest BCUT2D eigenvalue weighted by Gasteiger charge is 2.02. The van der Waals surface area contributed by atoms with E-state index >= 15 is 0 Å². The molecule has 0 unspecified atom stereocenters. The van der Waals surface area contributed by atoms with E-state index < -0.39 is 0 Å². The summed E-state index contributed by atoms with van der Waals surface area (Å²) in [6, 6.07) is 0. The van der Waals surface area contributed by atoms with E-state index in [-0.39, 0.29) is 0 Å². The maximum Gasteiger partial charge on any atom is 0.118 e. The molecule has 0 saturated carbocycles. The van der Waals surface area contributed by atoms with Crippen LogP contribution in [0.4, 0.5) is 0 Å². The highest BCUT2D eigenvalue weighted by Crippen LogP contribution is 2.23. The van der Waals surface area contributed by atoms with Crippen LogP contribution in [0.25, 0.3) is 5.57 Å². The van der Waals surface area contributed by atoms with E-state index in [0.717, 1.165) is 21.2 Å². The predicted molar refractivity (Wildman–Crippen MR) is 65.8 cm³/mol. The summed E-state index contributed by atoms with van der Waals surface area (Å²) >= 11 is 1.67. The number of methoxy groups -OCH3 is 1. The maximum absolute atomic E-state index is 5.15. The minimum absolute atomic E-state index is 0.758. The van der Waals surface area contributed by atoms with Gasteiger partial charge in [0.25, 0.3) is 0 Å². The first kappa shape index (κ1) is 11.7. The molecule has 2 nitrogen and oxygen atoms in total. The average Bonchev–Trinajstić information content (AvgIpc) is 2.67. The van der Waals surface area contributed by atoms with Crippen molar-refractivity contribution in [1.82, 2.24) is 4.98 Å². The highest BCUT2D eigenvalue weighted by molar-refractivity contribution is 7.12. The first-order valence-electron chi connectivity index (χ1n) is 4.68. The molecule has 0 amide bonds. The average molecular weight is 221 g/mol. The van der Waals surface area contributed by atoms with Gasteiger partial charge in [-0.15, -0.1) is 11.3 Å². The second-order valence-electron chi connectivity index (χ2n) is 2.94. The van der Waals surface area contributed by atoms with Gasteiger partial charge >= 0.3 is 0 Å². The van der Waals surface area contributed by atoms with Crippen molar-refractivity contribution >= 4 is 16.9 Å². The Kier molecular flexibility index (Phi) is 4.31. The van der Waals surface area contributed by atoms with Gasteiger partial charge in [0.2, 0.25) is 0 Å². The van der Waals surface area contributed by atoms with Gasteiger partial charge in [-0.25, -0.2) is 4.98 Å². The van der Waals surface area contributed by atoms with Crippen molar-refractivity contribution in [2.75, 3.05) is 7.11 Å². The molecule has 0 aromatic carbocycles. The molecule has 1 rings (SSSR count). The van der Waals surface area contributed by atoms with Crippen LogP contribution in [0.2, 0.25) is 0 Å². The van der Waals surface area contributed by atoms with Gasteiger partial charge in [-0.05, 0) is 31.6 Å². The Hall–Kier alpha value is -1.35. The molecule has 1 aromatic heterocycles. The molecule has 0 aliphatic carbocycles. The molecule has 0 N–H and O–H groups in total. The lowest BCUT2D eigenvalue weighted by Crippen LogP contribution is -1.83. The van der Waals surface area contributed by atoms with Gasteiger partial charge in [0.1, 0.15) is 5.76 Å². The number of thiazole rings is 1. The minimum atomic E-state index is 0.758. The van der Waals surface area contributed by atoms with Crippen molar-refractivity contribution in [2.45, 2.75) is 13.8 Å². The molecule has 1 heterocycles. The summed E-state index contributed by atoms with van der Waals surface area (Å²) in [5, 5.41) is 1.07. The molecule has 80 valence electrons. The van der Waals surface area contributed by atoms with Crippen molar-refractivity contribution in [3.63, 3.8) is 0 Å². The summed E-state index contributed by atoms with van der Waals surface area (Å²) in [6.07, 6.45) is 7.56. The Morgan fingerprint density at radius 1 is 1.60 bits per heavy atom. The first-order valence-corrected chi connectivity index (χ1v) is 5.50. The number of ether oxygens (including phenoxy) is 1. The number of aryl methyl sites for hydroxylation is 1. The van der Waals surface area contributed by atoms with E-state index in [4.69, 9.17) is 4.74 Å². The van der Waals surface area contributed by atoms with E-state index in [1.165, 1.54) is 0 Å². The lowest BCUT2D eigenvalue weighted by molar-refractivity contribution is 0.307. The largest absolute Gasteiger partial charge is 0.497 e. The molecular formula is C12H15NOS. The minimum Gasteiger partial charge on any atom is -0.497 e. The van der Waals surface area contributed by atoms with Crippen LogP contribution in [0.3, 0.4) is 0 Å². The lowest BCUT2D eigenvalue weighted by Gasteiger charge is -2.01. The Bertz CT molecular complexity index is 402. The number of allylic oxidation sites excluding steroid dienone is 4. The van der Waals surface area contributed by atoms with Crippen LogP contribution in [0.1, 0.15) is 16.8 Å². The summed E-state index contributed by atoms with van der Waals surface area (Å²) in [7, 11) is 1.64. The number of aromatic nitrogens is 1. The number of nitrogens with zero attached hydrogens (tertiary/aromatic N) is 1. The summed E-state index contributed by atoms with van der Waals surface area (Å²) in [6.45, 7) is 7.68. The van der Waals surface area contributed by atoms with Gasteiger partial charge in [0.15, 0.2) is 0 Å². The van der Waals surface area contributed by atoms with E-state index in [2.05, 4.69) is 11.6 Å². The van der Waals surface area contributed by atoms with Gasteiger partial charge < -0.3 is 4.74 Å². The van der Waals surface area contributed by atoms with Gasteiger partial charge in [-0.3, -0.25) is 0 Å². The molecule has 0 aliphatic heterocycles. The molecular weight excluding hydrogens is 206 g/mol. The quantitative estimate of drug-likeness (QED) is 0.573. The molecule has 0 saturated heterocycles. The fraction of sp³-hybridized carbons (Fsp3) is 0.250. The number of rotatable bonds is 4. The van der Waals surface area contributed by atoms with E-state index in [0.29, 0.717) is 0 Å². The van der Waals surface area contributed by atoms with Crippen LogP contribution in [-0.2, 0) is 4.74 Å². The van der Waals surface area contributed by atoms with Crippen LogP contribution >= 0.6 is 11.3 Å². The second-order valence-corrected chi connectivity index (χ2v) is 4.18. The highest BCUT2D eigenvalue weighted by atomic mass is 32.1. The molecule has 0 radical (unpaired) electrons. The van der Waals surface area contributed by atoms with Crippen LogP contribution in [0, 0.1) is 6.92 Å². The Balaban J connectivity index is 3.01. The van der Waals surface area contributed by atoms with Gasteiger partial charge in [-0.1, -0.05) is 12.7 Å². The third-order valence-corrected chi connectivity index (χ3v) is 2.91. The molecule has 0 atom stereocenters. The SMILES string of the molecule is C=C/C(=C\C(=C/C)c1cnc(C)s1)OC. The van der Waals surface area contributed by atoms with Crippen LogP contribution in [0.15, 0.2) is 36.8 Å². The van der Waals surface area contributed by atoms with Gasteiger partial charge in [0.05, 0.1) is 17.0 Å². The van der Waals surface area contributed by atoms with E-state index in [9.17, 15) is 0 Å². The van der Waals surface area contributed by atoms with Crippen molar-refractivity contribution < 1.29 is 4.74 Å². The molecule has 0 spiro atoms. The van der Waals surface area contributed by atoms with Crippen molar-refractivity contribution in [1.29, 1.82) is 0 Å². The zero-order valence-corrected chi connectivity index (χ0v) is 10.1. The summed E-state index contributed by atoms with van der Waals surface area (Å²) < 4.78 is 5.15. The number of hydrogen-bond acceptors (Lipinski definition) is 3. The summed E-state index contributed by atoms with van der Waals surface area (Å²) in [5.41, 5.74) is 1.11. The predicted octanol–water partition coefficient (Wildman–Crippen LogP) is 3.57. The van der Waals surface area contributed by atoms with Crippen LogP contribution in [-0.4, -0.2) is 12.1 Å². The van der Waals surface area contributed by atoms with Crippen molar-refractivity contribution in [3.05, 3.63) is 46.6 Å². The first-order chi connectivity index (χ1) is 7.21. The standard InChI is InChI=1S/C12H15NOS/c1-5-10(7-11(6-2)14-4)12-8-13-9(3)15-12/h5-8H,2H2,1,3-4H3/b10-5+,11-7+. The van der Waals surface area contributed by atoms with E-state index in [1.54, 1.807) is 24.5 Å². The molecule has 0 bridgehead atoms. The number of hydrogen-bond donors (Lipinski definition) is 0. The Morgan fingerprint density at radius 3 is 2.73 bits per heavy atom. The Morgan fingerprint density at radius 2 is 2.33 bits per heavy atom. The van der Waals surface area contributed by atoms with E-state index in [1.807, 2.05) is 32.2 Å². The van der Waals surface area contributed by atoms with Crippen LogP contribution < -0.4 is 0 Å². The third kappa shape index (κ3) is 3.06. The Labute approximate surface area is 94.6 Å². The monoisotopic (exact) mass is 221 g/mol. The fourth-order valence-electron chi connectivity index (χ4n) is 1.15. The maximum atomic E-state index is 5.15. The van der Waals surface area contributed by atoms with Gasteiger partial charge in [0, 0.05) is 6.20 Å². The lowest BCUT2D eigenvalue weighted by atomic mass is 10.2. The van der Waals surface area contributed by atoms with Crippen molar-refractivity contribution in [2.24, 2.45) is 0 Å². The normalized spacial score (nSPS) is 12.7. The zero-order valence-electron chi connectivity index (χ0n) is 9.28. The summed E-state index contributed by atoms with van der Waals surface area (Å²) in [5.74, 6) is 0.758. The van der Waals surface area contributed by atoms with Gasteiger partial charge in [-0.2, -0.15) is 0 Å². The molecule has 0 aliphatic rings. The molecule has 1 aromatic rings. The fourth-order valence-corrected chi connectivity index (χ4v) is 1.97. The zero-order chi connectivity index (χ0) is 11.3. The second kappa shape index (κ2) is 5.51. The molecule has 0 fully saturated rings.